The molecule has 0 aliphatic heterocycles. The van der Waals surface area contributed by atoms with Crippen molar-refractivity contribution in [1.29, 1.82) is 0 Å². The van der Waals surface area contributed by atoms with Gasteiger partial charge in [-0.3, -0.25) is 9.78 Å². The number of fused-ring (bicyclic) bond motifs is 1. The number of aryl methyl sites for hydroxylation is 1. The summed E-state index contributed by atoms with van der Waals surface area (Å²) in [7, 11) is 0. The third-order valence-electron chi connectivity index (χ3n) is 3.72. The van der Waals surface area contributed by atoms with Gasteiger partial charge in [-0.25, -0.2) is 8.78 Å². The quantitative estimate of drug-likeness (QED) is 0.754. The number of pyridine rings is 1. The number of rotatable bonds is 4. The number of benzene rings is 2. The fraction of sp³-hybridized carbons (Fsp3) is 0.111. The number of para-hydroxylation sites is 1. The zero-order valence-electron chi connectivity index (χ0n) is 12.8. The van der Waals surface area contributed by atoms with Crippen molar-refractivity contribution >= 4 is 28.2 Å². The summed E-state index contributed by atoms with van der Waals surface area (Å²) in [6.07, 6.45) is -0.275. The molecule has 0 saturated carbocycles. The van der Waals surface area contributed by atoms with Gasteiger partial charge in [0.2, 0.25) is 0 Å². The van der Waals surface area contributed by atoms with Crippen molar-refractivity contribution in [3.05, 3.63) is 65.4 Å². The Hall–Kier alpha value is -3.02. The largest absolute Gasteiger partial charge is 0.481 e. The molecule has 6 heteroatoms. The van der Waals surface area contributed by atoms with Crippen LogP contribution in [0.4, 0.5) is 20.2 Å². The lowest BCUT2D eigenvalue weighted by molar-refractivity contribution is -0.136. The number of hydrogen-bond acceptors (Lipinski definition) is 3. The van der Waals surface area contributed by atoms with Crippen molar-refractivity contribution in [2.45, 2.75) is 13.3 Å². The Bertz CT molecular complexity index is 942. The van der Waals surface area contributed by atoms with Crippen molar-refractivity contribution in [1.82, 2.24) is 4.98 Å². The van der Waals surface area contributed by atoms with Crippen LogP contribution in [-0.2, 0) is 11.2 Å². The molecule has 0 unspecified atom stereocenters. The predicted molar refractivity (Wildman–Crippen MR) is 87.5 cm³/mol. The summed E-state index contributed by atoms with van der Waals surface area (Å²) in [5.74, 6) is -2.25. The van der Waals surface area contributed by atoms with Crippen LogP contribution < -0.4 is 5.32 Å². The number of nitrogens with one attached hydrogen (secondary N) is 1. The summed E-state index contributed by atoms with van der Waals surface area (Å²) in [6, 6.07) is 10.2. The van der Waals surface area contributed by atoms with E-state index in [-0.39, 0.29) is 12.1 Å². The van der Waals surface area contributed by atoms with E-state index in [0.717, 1.165) is 18.2 Å². The van der Waals surface area contributed by atoms with Gasteiger partial charge in [0.25, 0.3) is 0 Å². The van der Waals surface area contributed by atoms with Crippen LogP contribution in [-0.4, -0.2) is 16.1 Å². The molecule has 2 N–H and O–H groups in total. The standard InChI is InChI=1S/C18H14F2N2O2/c1-10-13(9-17(23)24)18(12-4-2-3-5-15(12)21-10)22-16-8-11(19)6-7-14(16)20/h2-8H,9H2,1H3,(H,21,22)(H,23,24). The molecule has 122 valence electrons. The first-order valence-electron chi connectivity index (χ1n) is 7.28. The Kier molecular flexibility index (Phi) is 4.12. The minimum atomic E-state index is -1.03. The molecule has 0 fully saturated rings. The predicted octanol–water partition coefficient (Wildman–Crippen LogP) is 4.19. The highest BCUT2D eigenvalue weighted by atomic mass is 19.1. The zero-order valence-corrected chi connectivity index (χ0v) is 12.8. The lowest BCUT2D eigenvalue weighted by Gasteiger charge is -2.16. The summed E-state index contributed by atoms with van der Waals surface area (Å²) in [6.45, 7) is 1.69. The van der Waals surface area contributed by atoms with Crippen LogP contribution in [0, 0.1) is 18.6 Å². The van der Waals surface area contributed by atoms with Crippen molar-refractivity contribution in [2.75, 3.05) is 5.32 Å². The van der Waals surface area contributed by atoms with Gasteiger partial charge in [-0.15, -0.1) is 0 Å². The molecule has 0 radical (unpaired) electrons. The van der Waals surface area contributed by atoms with E-state index in [1.807, 2.05) is 0 Å². The third-order valence-corrected chi connectivity index (χ3v) is 3.72. The molecule has 2 aromatic carbocycles. The molecular formula is C18H14F2N2O2. The highest BCUT2D eigenvalue weighted by Gasteiger charge is 2.17. The van der Waals surface area contributed by atoms with Crippen molar-refractivity contribution < 1.29 is 18.7 Å². The highest BCUT2D eigenvalue weighted by Crippen LogP contribution is 2.32. The Balaban J connectivity index is 2.23. The molecule has 24 heavy (non-hydrogen) atoms. The molecule has 1 heterocycles. The van der Waals surface area contributed by atoms with E-state index in [1.165, 1.54) is 0 Å². The van der Waals surface area contributed by atoms with Crippen LogP contribution >= 0.6 is 0 Å². The van der Waals surface area contributed by atoms with Crippen LogP contribution in [0.25, 0.3) is 10.9 Å². The van der Waals surface area contributed by atoms with Crippen molar-refractivity contribution in [3.63, 3.8) is 0 Å². The van der Waals surface area contributed by atoms with Gasteiger partial charge in [0, 0.05) is 22.7 Å². The fourth-order valence-corrected chi connectivity index (χ4v) is 2.61. The van der Waals surface area contributed by atoms with Crippen LogP contribution in [0.5, 0.6) is 0 Å². The van der Waals surface area contributed by atoms with Crippen molar-refractivity contribution in [3.8, 4) is 0 Å². The van der Waals surface area contributed by atoms with E-state index in [0.29, 0.717) is 27.8 Å². The van der Waals surface area contributed by atoms with Crippen molar-refractivity contribution in [2.24, 2.45) is 0 Å². The van der Waals surface area contributed by atoms with Crippen LogP contribution in [0.15, 0.2) is 42.5 Å². The van der Waals surface area contributed by atoms with Gasteiger partial charge in [-0.2, -0.15) is 0 Å². The van der Waals surface area contributed by atoms with Gasteiger partial charge in [0.1, 0.15) is 11.6 Å². The van der Waals surface area contributed by atoms with Crippen LogP contribution in [0.2, 0.25) is 0 Å². The number of aliphatic carboxylic acids is 1. The number of halogens is 2. The minimum absolute atomic E-state index is 0.0580. The number of hydrogen-bond donors (Lipinski definition) is 2. The maximum atomic E-state index is 14.0. The number of carboxylic acid groups (broad SMARTS) is 1. The third kappa shape index (κ3) is 3.03. The number of anilines is 2. The Morgan fingerprint density at radius 3 is 2.71 bits per heavy atom. The van der Waals surface area contributed by atoms with E-state index in [9.17, 15) is 13.6 Å². The second-order valence-electron chi connectivity index (χ2n) is 5.39. The van der Waals surface area contributed by atoms with Crippen LogP contribution in [0.1, 0.15) is 11.3 Å². The van der Waals surface area contributed by atoms with Gasteiger partial charge in [0.15, 0.2) is 0 Å². The summed E-state index contributed by atoms with van der Waals surface area (Å²) in [5, 5.41) is 12.7. The van der Waals surface area contributed by atoms with E-state index < -0.39 is 17.6 Å². The molecule has 1 aromatic heterocycles. The van der Waals surface area contributed by atoms with Gasteiger partial charge >= 0.3 is 5.97 Å². The second-order valence-corrected chi connectivity index (χ2v) is 5.39. The maximum absolute atomic E-state index is 14.0. The van der Waals surface area contributed by atoms with Gasteiger partial charge < -0.3 is 10.4 Å². The molecule has 0 aliphatic rings. The average Bonchev–Trinajstić information content (AvgIpc) is 2.53. The normalized spacial score (nSPS) is 10.8. The lowest BCUT2D eigenvalue weighted by atomic mass is 10.0. The smallest absolute Gasteiger partial charge is 0.307 e. The Morgan fingerprint density at radius 2 is 1.96 bits per heavy atom. The summed E-state index contributed by atoms with van der Waals surface area (Å²) >= 11 is 0. The molecule has 3 rings (SSSR count). The number of carbonyl (C=O) groups is 1. The molecule has 0 bridgehead atoms. The first-order chi connectivity index (χ1) is 11.5. The summed E-state index contributed by atoms with van der Waals surface area (Å²) in [4.78, 5) is 15.6. The molecule has 4 nitrogen and oxygen atoms in total. The zero-order chi connectivity index (χ0) is 17.3. The summed E-state index contributed by atoms with van der Waals surface area (Å²) in [5.41, 5.74) is 1.96. The lowest BCUT2D eigenvalue weighted by Crippen LogP contribution is -2.08. The first kappa shape index (κ1) is 15.9. The first-order valence-corrected chi connectivity index (χ1v) is 7.28. The Labute approximate surface area is 136 Å². The molecule has 0 atom stereocenters. The van der Waals surface area contributed by atoms with Gasteiger partial charge in [-0.05, 0) is 25.1 Å². The van der Waals surface area contributed by atoms with E-state index in [2.05, 4.69) is 10.3 Å². The molecule has 0 aliphatic carbocycles. The number of carboxylic acids is 1. The highest BCUT2D eigenvalue weighted by molar-refractivity contribution is 5.96. The van der Waals surface area contributed by atoms with Gasteiger partial charge in [0.05, 0.1) is 23.3 Å². The minimum Gasteiger partial charge on any atom is -0.481 e. The van der Waals surface area contributed by atoms with E-state index >= 15 is 0 Å². The average molecular weight is 328 g/mol. The summed E-state index contributed by atoms with van der Waals surface area (Å²) < 4.78 is 27.4. The molecular weight excluding hydrogens is 314 g/mol. The maximum Gasteiger partial charge on any atom is 0.307 e. The SMILES string of the molecule is Cc1nc2ccccc2c(Nc2cc(F)ccc2F)c1CC(=O)O. The monoisotopic (exact) mass is 328 g/mol. The van der Waals surface area contributed by atoms with E-state index in [1.54, 1.807) is 31.2 Å². The number of aromatic nitrogens is 1. The van der Waals surface area contributed by atoms with E-state index in [4.69, 9.17) is 5.11 Å². The molecule has 0 amide bonds. The number of nitrogens with zero attached hydrogens (tertiary/aromatic N) is 1. The van der Waals surface area contributed by atoms with Crippen LogP contribution in [0.3, 0.4) is 0 Å². The molecule has 0 saturated heterocycles. The second kappa shape index (κ2) is 6.23. The molecule has 3 aromatic rings. The Morgan fingerprint density at radius 1 is 1.21 bits per heavy atom. The topological polar surface area (TPSA) is 62.2 Å². The van der Waals surface area contributed by atoms with Gasteiger partial charge in [-0.1, -0.05) is 18.2 Å². The molecule has 0 spiro atoms. The fourth-order valence-electron chi connectivity index (χ4n) is 2.61.